The number of halogens is 1. The number of unbranched alkanes of at least 4 members (excludes halogenated alkanes) is 1. The third kappa shape index (κ3) is 4.54. The first-order valence-corrected chi connectivity index (χ1v) is 8.58. The predicted molar refractivity (Wildman–Crippen MR) is 87.6 cm³/mol. The van der Waals surface area contributed by atoms with Gasteiger partial charge < -0.3 is 10.4 Å². The zero-order chi connectivity index (χ0) is 15.2. The van der Waals surface area contributed by atoms with Crippen molar-refractivity contribution in [3.63, 3.8) is 0 Å². The Morgan fingerprint density at radius 1 is 1.52 bits per heavy atom. The van der Waals surface area contributed by atoms with Gasteiger partial charge in [0, 0.05) is 13.1 Å². The normalized spacial score (nSPS) is 22.2. The van der Waals surface area contributed by atoms with E-state index in [0.29, 0.717) is 16.9 Å². The Morgan fingerprint density at radius 3 is 3.05 bits per heavy atom. The lowest BCUT2D eigenvalue weighted by atomic mass is 9.87. The van der Waals surface area contributed by atoms with Crippen LogP contribution in [0.15, 0.2) is 15.5 Å². The van der Waals surface area contributed by atoms with Crippen LogP contribution in [0.25, 0.3) is 0 Å². The summed E-state index contributed by atoms with van der Waals surface area (Å²) in [6.07, 6.45) is 7.48. The largest absolute Gasteiger partial charge is 0.393 e. The molecule has 1 fully saturated rings. The molecule has 1 aliphatic rings. The Labute approximate surface area is 133 Å². The first-order chi connectivity index (χ1) is 10.1. The number of anilines is 1. The molecule has 0 aromatic carbocycles. The fraction of sp³-hybridized carbons (Fsp3) is 0.733. The van der Waals surface area contributed by atoms with E-state index in [2.05, 4.69) is 33.3 Å². The van der Waals surface area contributed by atoms with Crippen molar-refractivity contribution in [2.24, 2.45) is 5.92 Å². The lowest BCUT2D eigenvalue weighted by molar-refractivity contribution is 0.105. The fourth-order valence-corrected chi connectivity index (χ4v) is 3.21. The van der Waals surface area contributed by atoms with Crippen LogP contribution in [-0.4, -0.2) is 27.5 Å². The van der Waals surface area contributed by atoms with Gasteiger partial charge in [0.25, 0.3) is 5.56 Å². The number of aromatic nitrogens is 2. The van der Waals surface area contributed by atoms with Gasteiger partial charge in [-0.05, 0) is 47.5 Å². The summed E-state index contributed by atoms with van der Waals surface area (Å²) >= 11 is 3.37. The van der Waals surface area contributed by atoms with Crippen molar-refractivity contribution in [3.05, 3.63) is 21.0 Å². The number of aliphatic hydroxyl groups is 1. The van der Waals surface area contributed by atoms with Crippen molar-refractivity contribution in [2.75, 3.05) is 11.9 Å². The average molecular weight is 358 g/mol. The second-order valence-electron chi connectivity index (χ2n) is 5.82. The van der Waals surface area contributed by atoms with Crippen LogP contribution in [0.2, 0.25) is 0 Å². The van der Waals surface area contributed by atoms with Crippen molar-refractivity contribution in [2.45, 2.75) is 58.1 Å². The molecule has 2 atom stereocenters. The zero-order valence-electron chi connectivity index (χ0n) is 12.5. The molecule has 1 aromatic heterocycles. The molecule has 6 heteroatoms. The molecule has 0 spiro atoms. The maximum absolute atomic E-state index is 12.2. The molecule has 118 valence electrons. The number of nitrogens with zero attached hydrogens (tertiary/aromatic N) is 2. The monoisotopic (exact) mass is 357 g/mol. The summed E-state index contributed by atoms with van der Waals surface area (Å²) in [5, 5.41) is 17.2. The lowest BCUT2D eigenvalue weighted by Crippen LogP contribution is -2.27. The van der Waals surface area contributed by atoms with Crippen molar-refractivity contribution in [1.82, 2.24) is 9.78 Å². The molecule has 1 aromatic rings. The summed E-state index contributed by atoms with van der Waals surface area (Å²) < 4.78 is 2.05. The summed E-state index contributed by atoms with van der Waals surface area (Å²) in [7, 11) is 0. The molecule has 0 aliphatic heterocycles. The Bertz CT molecular complexity index is 518. The van der Waals surface area contributed by atoms with Gasteiger partial charge in [-0.1, -0.05) is 19.8 Å². The molecular weight excluding hydrogens is 334 g/mol. The van der Waals surface area contributed by atoms with Crippen LogP contribution in [0.3, 0.4) is 0 Å². The minimum Gasteiger partial charge on any atom is -0.393 e. The van der Waals surface area contributed by atoms with E-state index in [1.54, 1.807) is 6.20 Å². The predicted octanol–water partition coefficient (Wildman–Crippen LogP) is 2.77. The SMILES string of the molecule is CCCCn1ncc(NCC2CCCC(O)C2)c(Br)c1=O. The number of aliphatic hydroxyl groups excluding tert-OH is 1. The third-order valence-electron chi connectivity index (χ3n) is 4.04. The second-order valence-corrected chi connectivity index (χ2v) is 6.61. The van der Waals surface area contributed by atoms with Crippen LogP contribution in [-0.2, 0) is 6.54 Å². The highest BCUT2D eigenvalue weighted by molar-refractivity contribution is 9.10. The molecular formula is C15H24BrN3O2. The van der Waals surface area contributed by atoms with Gasteiger partial charge in [-0.2, -0.15) is 5.10 Å². The number of hydrogen-bond donors (Lipinski definition) is 2. The van der Waals surface area contributed by atoms with E-state index in [9.17, 15) is 9.90 Å². The highest BCUT2D eigenvalue weighted by atomic mass is 79.9. The van der Waals surface area contributed by atoms with E-state index in [1.807, 2.05) is 0 Å². The smallest absolute Gasteiger partial charge is 0.283 e. The molecule has 2 N–H and O–H groups in total. The average Bonchev–Trinajstić information content (AvgIpc) is 2.48. The maximum atomic E-state index is 12.2. The fourth-order valence-electron chi connectivity index (χ4n) is 2.76. The Morgan fingerprint density at radius 2 is 2.33 bits per heavy atom. The summed E-state index contributed by atoms with van der Waals surface area (Å²) in [5.74, 6) is 0.461. The molecule has 2 unspecified atom stereocenters. The molecule has 0 bridgehead atoms. The minimum atomic E-state index is -0.172. The minimum absolute atomic E-state index is 0.0860. The van der Waals surface area contributed by atoms with Crippen LogP contribution in [0.1, 0.15) is 45.4 Å². The van der Waals surface area contributed by atoms with Crippen molar-refractivity contribution in [3.8, 4) is 0 Å². The van der Waals surface area contributed by atoms with Crippen LogP contribution in [0.5, 0.6) is 0 Å². The second kappa shape index (κ2) is 7.94. The highest BCUT2D eigenvalue weighted by Crippen LogP contribution is 2.25. The van der Waals surface area contributed by atoms with Gasteiger partial charge in [0.15, 0.2) is 0 Å². The molecule has 5 nitrogen and oxygen atoms in total. The standard InChI is InChI=1S/C15H24BrN3O2/c1-2-3-7-19-15(21)14(16)13(10-18-19)17-9-11-5-4-6-12(20)8-11/h10-12,17,20H,2-9H2,1H3. The zero-order valence-corrected chi connectivity index (χ0v) is 14.1. The maximum Gasteiger partial charge on any atom is 0.283 e. The molecule has 0 amide bonds. The van der Waals surface area contributed by atoms with Crippen LogP contribution >= 0.6 is 15.9 Å². The number of aryl methyl sites for hydroxylation is 1. The van der Waals surface area contributed by atoms with Gasteiger partial charge in [-0.15, -0.1) is 0 Å². The van der Waals surface area contributed by atoms with E-state index in [1.165, 1.54) is 4.68 Å². The summed E-state index contributed by atoms with van der Waals surface area (Å²) in [6, 6.07) is 0. The molecule has 1 heterocycles. The molecule has 21 heavy (non-hydrogen) atoms. The number of nitrogens with one attached hydrogen (secondary N) is 1. The number of rotatable bonds is 6. The quantitative estimate of drug-likeness (QED) is 0.821. The van der Waals surface area contributed by atoms with E-state index < -0.39 is 0 Å². The number of hydrogen-bond acceptors (Lipinski definition) is 4. The summed E-state index contributed by atoms with van der Waals surface area (Å²) in [4.78, 5) is 12.2. The van der Waals surface area contributed by atoms with E-state index in [4.69, 9.17) is 0 Å². The van der Waals surface area contributed by atoms with Gasteiger partial charge in [0.2, 0.25) is 0 Å². The summed E-state index contributed by atoms with van der Waals surface area (Å²) in [5.41, 5.74) is 0.657. The van der Waals surface area contributed by atoms with Gasteiger partial charge in [0.05, 0.1) is 18.0 Å². The van der Waals surface area contributed by atoms with Gasteiger partial charge in [0.1, 0.15) is 4.47 Å². The molecule has 1 aliphatic carbocycles. The van der Waals surface area contributed by atoms with Crippen molar-refractivity contribution in [1.29, 1.82) is 0 Å². The topological polar surface area (TPSA) is 67.2 Å². The van der Waals surface area contributed by atoms with E-state index in [-0.39, 0.29) is 11.7 Å². The van der Waals surface area contributed by atoms with Gasteiger partial charge in [-0.25, -0.2) is 4.68 Å². The molecule has 2 rings (SSSR count). The Hall–Kier alpha value is -0.880. The van der Waals surface area contributed by atoms with Crippen LogP contribution in [0, 0.1) is 5.92 Å². The first-order valence-electron chi connectivity index (χ1n) is 7.79. The Kier molecular flexibility index (Phi) is 6.23. The summed E-state index contributed by atoms with van der Waals surface area (Å²) in [6.45, 7) is 3.52. The highest BCUT2D eigenvalue weighted by Gasteiger charge is 2.20. The van der Waals surface area contributed by atoms with Crippen LogP contribution in [0.4, 0.5) is 5.69 Å². The van der Waals surface area contributed by atoms with E-state index in [0.717, 1.165) is 50.8 Å². The molecule has 0 saturated heterocycles. The van der Waals surface area contributed by atoms with Crippen LogP contribution < -0.4 is 10.9 Å². The molecule has 0 radical (unpaired) electrons. The Balaban J connectivity index is 1.97. The van der Waals surface area contributed by atoms with Gasteiger partial charge >= 0.3 is 0 Å². The van der Waals surface area contributed by atoms with Crippen molar-refractivity contribution < 1.29 is 5.11 Å². The van der Waals surface area contributed by atoms with Gasteiger partial charge in [-0.3, -0.25) is 4.79 Å². The molecule has 1 saturated carbocycles. The first kappa shape index (κ1) is 16.5. The lowest BCUT2D eigenvalue weighted by Gasteiger charge is -2.26. The third-order valence-corrected chi connectivity index (χ3v) is 4.81. The van der Waals surface area contributed by atoms with Crippen molar-refractivity contribution >= 4 is 21.6 Å². The van der Waals surface area contributed by atoms with E-state index >= 15 is 0 Å².